The van der Waals surface area contributed by atoms with E-state index in [1.807, 2.05) is 54.5 Å². The van der Waals surface area contributed by atoms with Crippen molar-refractivity contribution >= 4 is 28.3 Å². The predicted octanol–water partition coefficient (Wildman–Crippen LogP) is 4.89. The first-order valence-electron chi connectivity index (χ1n) is 13.2. The number of fused-ring (bicyclic) bond motifs is 2. The minimum atomic E-state index is -0.509. The van der Waals surface area contributed by atoms with Crippen molar-refractivity contribution in [2.24, 2.45) is 0 Å². The van der Waals surface area contributed by atoms with Crippen LogP contribution in [0.1, 0.15) is 50.8 Å². The van der Waals surface area contributed by atoms with Gasteiger partial charge in [0.2, 0.25) is 0 Å². The first-order chi connectivity index (χ1) is 18.7. The first-order valence-corrected chi connectivity index (χ1v) is 13.2. The molecule has 0 radical (unpaired) electrons. The van der Waals surface area contributed by atoms with Gasteiger partial charge in [0.15, 0.2) is 5.82 Å². The second-order valence-corrected chi connectivity index (χ2v) is 11.1. The van der Waals surface area contributed by atoms with E-state index >= 15 is 0 Å². The summed E-state index contributed by atoms with van der Waals surface area (Å²) in [5, 5.41) is 10.4. The van der Waals surface area contributed by atoms with Crippen LogP contribution in [0.2, 0.25) is 0 Å². The van der Waals surface area contributed by atoms with Gasteiger partial charge in [-0.3, -0.25) is 9.67 Å². The lowest BCUT2D eigenvalue weighted by molar-refractivity contribution is 0.0203. The molecule has 5 aromatic rings. The third-order valence-corrected chi connectivity index (χ3v) is 7.11. The highest BCUT2D eigenvalue weighted by Crippen LogP contribution is 2.37. The molecule has 1 amide bonds. The Kier molecular flexibility index (Phi) is 6.17. The fourth-order valence-electron chi connectivity index (χ4n) is 5.28. The smallest absolute Gasteiger partial charge is 0.410 e. The molecule has 0 bridgehead atoms. The van der Waals surface area contributed by atoms with Gasteiger partial charge in [-0.15, -0.1) is 0 Å². The Morgan fingerprint density at radius 3 is 2.72 bits per heavy atom. The first kappa shape index (κ1) is 24.8. The van der Waals surface area contributed by atoms with E-state index < -0.39 is 5.60 Å². The number of nitrogens with two attached hydrogens (primary N) is 1. The third-order valence-electron chi connectivity index (χ3n) is 7.11. The number of piperidine rings is 1. The Bertz CT molecular complexity index is 1640. The van der Waals surface area contributed by atoms with E-state index in [0.29, 0.717) is 25.5 Å². The van der Waals surface area contributed by atoms with Crippen molar-refractivity contribution in [3.8, 4) is 11.1 Å². The summed E-state index contributed by atoms with van der Waals surface area (Å²) in [6.07, 6.45) is 8.53. The van der Waals surface area contributed by atoms with E-state index in [1.54, 1.807) is 11.1 Å². The van der Waals surface area contributed by atoms with Crippen molar-refractivity contribution in [2.75, 3.05) is 18.8 Å². The number of hydrogen-bond donors (Lipinski definition) is 1. The molecule has 4 aromatic heterocycles. The van der Waals surface area contributed by atoms with Crippen LogP contribution < -0.4 is 5.73 Å². The summed E-state index contributed by atoms with van der Waals surface area (Å²) in [6.45, 7) is 7.57. The molecular formula is C29H32N8O2. The summed E-state index contributed by atoms with van der Waals surface area (Å²) in [7, 11) is 0. The zero-order valence-corrected chi connectivity index (χ0v) is 22.4. The van der Waals surface area contributed by atoms with Crippen LogP contribution in [0.4, 0.5) is 10.6 Å². The van der Waals surface area contributed by atoms with Crippen LogP contribution in [-0.2, 0) is 11.3 Å². The maximum atomic E-state index is 12.6. The molecule has 10 nitrogen and oxygen atoms in total. The summed E-state index contributed by atoms with van der Waals surface area (Å²) in [5.41, 5.74) is 11.7. The number of pyridine rings is 1. The summed E-state index contributed by atoms with van der Waals surface area (Å²) in [6, 6.07) is 12.4. The molecule has 1 fully saturated rings. The lowest BCUT2D eigenvalue weighted by Crippen LogP contribution is -2.41. The summed E-state index contributed by atoms with van der Waals surface area (Å²) < 4.78 is 9.42. The van der Waals surface area contributed by atoms with Crippen molar-refractivity contribution in [3.05, 3.63) is 72.6 Å². The number of rotatable bonds is 4. The predicted molar refractivity (Wildman–Crippen MR) is 149 cm³/mol. The fourth-order valence-corrected chi connectivity index (χ4v) is 5.28. The number of likely N-dealkylation sites (tertiary alicyclic amines) is 1. The number of carbonyl (C=O) groups excluding carboxylic acids is 1. The lowest BCUT2D eigenvalue weighted by Gasteiger charge is -2.33. The second kappa shape index (κ2) is 9.68. The Labute approximate surface area is 226 Å². The lowest BCUT2D eigenvalue weighted by atomic mass is 9.93. The molecule has 0 atom stereocenters. The maximum absolute atomic E-state index is 12.6. The van der Waals surface area contributed by atoms with Crippen LogP contribution in [0.25, 0.3) is 27.5 Å². The van der Waals surface area contributed by atoms with Crippen molar-refractivity contribution in [1.82, 2.24) is 34.3 Å². The zero-order valence-electron chi connectivity index (χ0n) is 22.4. The molecule has 0 saturated carbocycles. The van der Waals surface area contributed by atoms with Crippen molar-refractivity contribution in [1.29, 1.82) is 0 Å². The number of aromatic nitrogens is 6. The highest BCUT2D eigenvalue weighted by molar-refractivity contribution is 5.92. The largest absolute Gasteiger partial charge is 0.444 e. The van der Waals surface area contributed by atoms with Gasteiger partial charge in [-0.1, -0.05) is 18.2 Å². The van der Waals surface area contributed by atoms with E-state index in [2.05, 4.69) is 39.3 Å². The molecule has 1 saturated heterocycles. The number of hydrogen-bond acceptors (Lipinski definition) is 7. The quantitative estimate of drug-likeness (QED) is 0.356. The van der Waals surface area contributed by atoms with Gasteiger partial charge in [0.05, 0.1) is 12.1 Å². The fraction of sp³-hybridized carbons (Fsp3) is 0.345. The van der Waals surface area contributed by atoms with Gasteiger partial charge < -0.3 is 15.4 Å². The normalized spacial score (nSPS) is 14.8. The molecule has 6 rings (SSSR count). The van der Waals surface area contributed by atoms with Crippen molar-refractivity contribution in [3.63, 3.8) is 0 Å². The molecule has 1 aliphatic rings. The molecule has 0 aliphatic carbocycles. The molecular weight excluding hydrogens is 492 g/mol. The Morgan fingerprint density at radius 2 is 1.97 bits per heavy atom. The molecule has 0 unspecified atom stereocenters. The standard InChI is InChI=1S/C29H32N8O2/c1-29(2,3)39-28(38)35-11-8-20(9-12-35)25-14-23(26-27(30)32-18-33-37(25)26)21-6-7-22-17-36(34-24(22)13-21)16-19-5-4-10-31-15-19/h4-7,10,13-15,17-18,20H,8-9,11-12,16H2,1-3H3,(H2,30,32,33). The van der Waals surface area contributed by atoms with E-state index in [0.717, 1.165) is 51.6 Å². The number of anilines is 1. The van der Waals surface area contributed by atoms with Crippen LogP contribution in [0.3, 0.4) is 0 Å². The monoisotopic (exact) mass is 524 g/mol. The molecule has 5 heterocycles. The average molecular weight is 525 g/mol. The van der Waals surface area contributed by atoms with Crippen LogP contribution in [0.5, 0.6) is 0 Å². The van der Waals surface area contributed by atoms with E-state index in [1.165, 1.54) is 6.33 Å². The van der Waals surface area contributed by atoms with Gasteiger partial charge in [-0.25, -0.2) is 14.3 Å². The number of ether oxygens (including phenoxy) is 1. The number of nitrogen functional groups attached to an aromatic ring is 1. The second-order valence-electron chi connectivity index (χ2n) is 11.1. The molecule has 0 spiro atoms. The summed E-state index contributed by atoms with van der Waals surface area (Å²) in [4.78, 5) is 22.8. The number of carbonyl (C=O) groups is 1. The highest BCUT2D eigenvalue weighted by Gasteiger charge is 2.30. The number of amides is 1. The Balaban J connectivity index is 1.30. The average Bonchev–Trinajstić information content (AvgIpc) is 3.50. The van der Waals surface area contributed by atoms with Crippen molar-refractivity contribution in [2.45, 2.75) is 51.7 Å². The minimum Gasteiger partial charge on any atom is -0.444 e. The molecule has 2 N–H and O–H groups in total. The molecule has 200 valence electrons. The molecule has 1 aliphatic heterocycles. The van der Waals surface area contributed by atoms with Crippen LogP contribution in [0.15, 0.2) is 61.3 Å². The van der Waals surface area contributed by atoms with Crippen LogP contribution in [0, 0.1) is 0 Å². The van der Waals surface area contributed by atoms with Gasteiger partial charge in [-0.2, -0.15) is 10.2 Å². The number of nitrogens with zero attached hydrogens (tertiary/aromatic N) is 7. The summed E-state index contributed by atoms with van der Waals surface area (Å²) >= 11 is 0. The van der Waals surface area contributed by atoms with Crippen LogP contribution in [-0.4, -0.2) is 59.0 Å². The maximum Gasteiger partial charge on any atom is 0.410 e. The van der Waals surface area contributed by atoms with E-state index in [-0.39, 0.29) is 12.0 Å². The SMILES string of the molecule is CC(C)(C)OC(=O)N1CCC(c2cc(-c3ccc4cn(Cc5cccnc5)nc4c3)c3c(N)ncnn23)CC1. The third kappa shape index (κ3) is 5.01. The Morgan fingerprint density at radius 1 is 1.15 bits per heavy atom. The summed E-state index contributed by atoms with van der Waals surface area (Å²) in [5.74, 6) is 0.654. The number of benzene rings is 1. The van der Waals surface area contributed by atoms with E-state index in [4.69, 9.17) is 15.6 Å². The van der Waals surface area contributed by atoms with Crippen molar-refractivity contribution < 1.29 is 9.53 Å². The molecule has 39 heavy (non-hydrogen) atoms. The van der Waals surface area contributed by atoms with Gasteiger partial charge in [0.1, 0.15) is 17.4 Å². The van der Waals surface area contributed by atoms with Gasteiger partial charge in [-0.05, 0) is 62.9 Å². The minimum absolute atomic E-state index is 0.224. The van der Waals surface area contributed by atoms with E-state index in [9.17, 15) is 4.79 Å². The molecule has 10 heteroatoms. The topological polar surface area (TPSA) is 116 Å². The molecule has 1 aromatic carbocycles. The van der Waals surface area contributed by atoms with Gasteiger partial charge in [0, 0.05) is 54.2 Å². The highest BCUT2D eigenvalue weighted by atomic mass is 16.6. The van der Waals surface area contributed by atoms with Crippen LogP contribution >= 0.6 is 0 Å². The van der Waals surface area contributed by atoms with Gasteiger partial charge in [0.25, 0.3) is 0 Å². The van der Waals surface area contributed by atoms with Gasteiger partial charge >= 0.3 is 6.09 Å². The Hall–Kier alpha value is -4.47. The zero-order chi connectivity index (χ0) is 27.1.